The summed E-state index contributed by atoms with van der Waals surface area (Å²) in [6, 6.07) is 12.8. The lowest BCUT2D eigenvalue weighted by Gasteiger charge is -2.39. The average Bonchev–Trinajstić information content (AvgIpc) is 3.41. The van der Waals surface area contributed by atoms with Crippen LogP contribution in [0.15, 0.2) is 42.7 Å². The van der Waals surface area contributed by atoms with Crippen molar-refractivity contribution in [1.29, 1.82) is 5.26 Å². The Balaban J connectivity index is 1.44. The third-order valence-corrected chi connectivity index (χ3v) is 6.20. The van der Waals surface area contributed by atoms with Crippen LogP contribution in [0.5, 0.6) is 5.75 Å². The summed E-state index contributed by atoms with van der Waals surface area (Å²) in [5.74, 6) is 1.38. The number of carbonyl (C=O) groups is 1. The minimum Gasteiger partial charge on any atom is -0.494 e. The molecule has 2 aliphatic rings. The van der Waals surface area contributed by atoms with Gasteiger partial charge in [-0.25, -0.2) is 15.4 Å². The molecule has 180 valence electrons. The molecular formula is C23H26N10O2. The van der Waals surface area contributed by atoms with Crippen molar-refractivity contribution < 1.29 is 9.53 Å². The highest BCUT2D eigenvalue weighted by Crippen LogP contribution is 2.37. The number of hydrogen-bond donors (Lipinski definition) is 4. The van der Waals surface area contributed by atoms with Gasteiger partial charge in [0, 0.05) is 26.6 Å². The Hall–Kier alpha value is -4.21. The number of ether oxygens (including phenoxy) is 1. The van der Waals surface area contributed by atoms with E-state index in [-0.39, 0.29) is 30.2 Å². The van der Waals surface area contributed by atoms with E-state index in [1.54, 1.807) is 37.3 Å². The SMILES string of the molecule is COc1c(NC2CC(Nc3cccc(C#N)n3)NC3NN(C)C(=O)C23)cccc1-c1ncn(C)n1. The Labute approximate surface area is 202 Å². The molecule has 2 aliphatic heterocycles. The number of methoxy groups -OCH3 is 1. The van der Waals surface area contributed by atoms with Crippen molar-refractivity contribution in [2.75, 3.05) is 24.8 Å². The van der Waals surface area contributed by atoms with Crippen LogP contribution in [-0.2, 0) is 11.8 Å². The molecule has 12 nitrogen and oxygen atoms in total. The lowest BCUT2D eigenvalue weighted by Crippen LogP contribution is -2.60. The van der Waals surface area contributed by atoms with E-state index < -0.39 is 0 Å². The topological polar surface area (TPSA) is 145 Å². The third kappa shape index (κ3) is 4.34. The normalized spacial score (nSPS) is 23.5. The predicted molar refractivity (Wildman–Crippen MR) is 128 cm³/mol. The standard InChI is InChI=1S/C23H26N10O2/c1-32-12-25-21(30-32)14-7-5-8-15(20(14)35-3)27-16-10-18(28-17-9-4-6-13(11-24)26-17)29-22-19(16)23(34)33(2)31-22/h4-9,12,16,18-19,22,27,29,31H,10H2,1-3H3,(H,26,28). The maximum atomic E-state index is 13.0. The average molecular weight is 475 g/mol. The Bertz CT molecular complexity index is 1290. The fraction of sp³-hybridized carbons (Fsp3) is 0.348. The van der Waals surface area contributed by atoms with Gasteiger partial charge in [-0.05, 0) is 24.3 Å². The van der Waals surface area contributed by atoms with Crippen molar-refractivity contribution in [3.8, 4) is 23.2 Å². The molecule has 4 N–H and O–H groups in total. The Kier molecular flexibility index (Phi) is 5.94. The van der Waals surface area contributed by atoms with Crippen LogP contribution in [0.4, 0.5) is 11.5 Å². The van der Waals surface area contributed by atoms with Crippen LogP contribution >= 0.6 is 0 Å². The minimum atomic E-state index is -0.349. The van der Waals surface area contributed by atoms with Crippen LogP contribution in [0.3, 0.4) is 0 Å². The van der Waals surface area contributed by atoms with Gasteiger partial charge < -0.3 is 15.4 Å². The number of hydrazine groups is 1. The second kappa shape index (κ2) is 9.21. The van der Waals surface area contributed by atoms with Crippen molar-refractivity contribution in [3.63, 3.8) is 0 Å². The number of carbonyl (C=O) groups excluding carboxylic acids is 1. The number of piperidine rings is 1. The number of aromatic nitrogens is 4. The second-order valence-corrected chi connectivity index (χ2v) is 8.53. The van der Waals surface area contributed by atoms with Crippen LogP contribution in [-0.4, -0.2) is 63.2 Å². The molecule has 4 atom stereocenters. The number of hydrogen-bond acceptors (Lipinski definition) is 10. The number of nitriles is 1. The third-order valence-electron chi connectivity index (χ3n) is 6.20. The molecule has 12 heteroatoms. The van der Waals surface area contributed by atoms with Gasteiger partial charge in [-0.3, -0.25) is 19.8 Å². The molecule has 4 heterocycles. The zero-order chi connectivity index (χ0) is 24.5. The number of fused-ring (bicyclic) bond motifs is 1. The fourth-order valence-corrected chi connectivity index (χ4v) is 4.66. The molecular weight excluding hydrogens is 448 g/mol. The van der Waals surface area contributed by atoms with E-state index in [1.165, 1.54) is 5.01 Å². The van der Waals surface area contributed by atoms with Gasteiger partial charge in [-0.15, -0.1) is 0 Å². The van der Waals surface area contributed by atoms with Gasteiger partial charge in [0.15, 0.2) is 11.6 Å². The summed E-state index contributed by atoms with van der Waals surface area (Å²) in [5, 5.41) is 25.4. The zero-order valence-corrected chi connectivity index (χ0v) is 19.6. The first-order valence-electron chi connectivity index (χ1n) is 11.2. The van der Waals surface area contributed by atoms with Crippen LogP contribution in [0.2, 0.25) is 0 Å². The van der Waals surface area contributed by atoms with Gasteiger partial charge in [0.25, 0.3) is 0 Å². The molecule has 2 aromatic heterocycles. The van der Waals surface area contributed by atoms with Crippen molar-refractivity contribution in [2.45, 2.75) is 24.8 Å². The van der Waals surface area contributed by atoms with E-state index in [1.807, 2.05) is 31.3 Å². The van der Waals surface area contributed by atoms with Gasteiger partial charge in [0.2, 0.25) is 5.91 Å². The molecule has 0 bridgehead atoms. The highest BCUT2D eigenvalue weighted by atomic mass is 16.5. The smallest absolute Gasteiger partial charge is 0.244 e. The molecule has 4 unspecified atom stereocenters. The molecule has 0 radical (unpaired) electrons. The molecule has 0 aliphatic carbocycles. The maximum Gasteiger partial charge on any atom is 0.244 e. The first-order valence-corrected chi connectivity index (χ1v) is 11.2. The molecule has 0 saturated carbocycles. The molecule has 2 saturated heterocycles. The maximum absolute atomic E-state index is 13.0. The lowest BCUT2D eigenvalue weighted by atomic mass is 9.88. The summed E-state index contributed by atoms with van der Waals surface area (Å²) in [5.41, 5.74) is 5.02. The van der Waals surface area contributed by atoms with Crippen LogP contribution in [0.25, 0.3) is 11.4 Å². The highest BCUT2D eigenvalue weighted by molar-refractivity contribution is 5.83. The first-order chi connectivity index (χ1) is 17.0. The zero-order valence-electron chi connectivity index (χ0n) is 19.6. The number of aryl methyl sites for hydroxylation is 1. The largest absolute Gasteiger partial charge is 0.494 e. The molecule has 1 amide bonds. The number of amides is 1. The van der Waals surface area contributed by atoms with Gasteiger partial charge in [0.1, 0.15) is 23.9 Å². The van der Waals surface area contributed by atoms with Crippen molar-refractivity contribution in [3.05, 3.63) is 48.4 Å². The number of rotatable bonds is 6. The van der Waals surface area contributed by atoms with Crippen LogP contribution in [0.1, 0.15) is 12.1 Å². The minimum absolute atomic E-state index is 0.00966. The number of anilines is 2. The molecule has 1 aromatic carbocycles. The Morgan fingerprint density at radius 2 is 2.03 bits per heavy atom. The summed E-state index contributed by atoms with van der Waals surface area (Å²) >= 11 is 0. The quantitative estimate of drug-likeness (QED) is 0.406. The van der Waals surface area contributed by atoms with E-state index >= 15 is 0 Å². The Morgan fingerprint density at radius 3 is 2.77 bits per heavy atom. The van der Waals surface area contributed by atoms with E-state index in [4.69, 9.17) is 10.00 Å². The van der Waals surface area contributed by atoms with Crippen molar-refractivity contribution in [1.82, 2.24) is 35.5 Å². The molecule has 3 aromatic rings. The summed E-state index contributed by atoms with van der Waals surface area (Å²) < 4.78 is 7.39. The predicted octanol–water partition coefficient (Wildman–Crippen LogP) is 0.888. The van der Waals surface area contributed by atoms with Crippen LogP contribution < -0.4 is 26.1 Å². The fourth-order valence-electron chi connectivity index (χ4n) is 4.66. The number of pyridine rings is 1. The Morgan fingerprint density at radius 1 is 1.20 bits per heavy atom. The number of nitrogens with one attached hydrogen (secondary N) is 4. The summed E-state index contributed by atoms with van der Waals surface area (Å²) in [4.78, 5) is 21.7. The second-order valence-electron chi connectivity index (χ2n) is 8.53. The van der Waals surface area contributed by atoms with Crippen molar-refractivity contribution in [2.24, 2.45) is 13.0 Å². The van der Waals surface area contributed by atoms with E-state index in [0.29, 0.717) is 29.5 Å². The van der Waals surface area contributed by atoms with Gasteiger partial charge in [0.05, 0.1) is 36.6 Å². The summed E-state index contributed by atoms with van der Waals surface area (Å²) in [6.45, 7) is 0. The molecule has 0 spiro atoms. The van der Waals surface area contributed by atoms with E-state index in [0.717, 1.165) is 11.3 Å². The van der Waals surface area contributed by atoms with Crippen LogP contribution in [0, 0.1) is 17.2 Å². The lowest BCUT2D eigenvalue weighted by molar-refractivity contribution is -0.131. The van der Waals surface area contributed by atoms with Gasteiger partial charge in [-0.2, -0.15) is 10.4 Å². The number of para-hydroxylation sites is 1. The molecule has 2 fully saturated rings. The van der Waals surface area contributed by atoms with Gasteiger partial charge in [-0.1, -0.05) is 12.1 Å². The molecule has 5 rings (SSSR count). The first kappa shape index (κ1) is 22.6. The number of nitrogens with zero attached hydrogens (tertiary/aromatic N) is 6. The van der Waals surface area contributed by atoms with E-state index in [9.17, 15) is 4.79 Å². The summed E-state index contributed by atoms with van der Waals surface area (Å²) in [7, 11) is 5.13. The summed E-state index contributed by atoms with van der Waals surface area (Å²) in [6.07, 6.45) is 1.70. The highest BCUT2D eigenvalue weighted by Gasteiger charge is 2.48. The van der Waals surface area contributed by atoms with E-state index in [2.05, 4.69) is 42.5 Å². The number of benzene rings is 1. The molecule has 35 heavy (non-hydrogen) atoms. The monoisotopic (exact) mass is 474 g/mol. The van der Waals surface area contributed by atoms with Gasteiger partial charge >= 0.3 is 0 Å². The van der Waals surface area contributed by atoms with Crippen molar-refractivity contribution >= 4 is 17.4 Å².